The van der Waals surface area contributed by atoms with Crippen LogP contribution >= 0.6 is 45.2 Å². The third-order valence-electron chi connectivity index (χ3n) is 3.73. The van der Waals surface area contributed by atoms with E-state index in [9.17, 15) is 5.11 Å². The molecule has 2 nitrogen and oxygen atoms in total. The summed E-state index contributed by atoms with van der Waals surface area (Å²) < 4.78 is 1.85. The number of hydrogen-bond donors (Lipinski definition) is 2. The van der Waals surface area contributed by atoms with Gasteiger partial charge in [0.05, 0.1) is 7.14 Å². The first-order valence-electron chi connectivity index (χ1n) is 6.63. The molecule has 2 N–H and O–H groups in total. The van der Waals surface area contributed by atoms with Crippen molar-refractivity contribution < 1.29 is 5.11 Å². The predicted molar refractivity (Wildman–Crippen MR) is 98.1 cm³/mol. The molecule has 4 heteroatoms. The Kier molecular flexibility index (Phi) is 4.52. The molecule has 1 heterocycles. The van der Waals surface area contributed by atoms with Crippen LogP contribution in [0, 0.1) is 7.14 Å². The highest BCUT2D eigenvalue weighted by molar-refractivity contribution is 14.1. The van der Waals surface area contributed by atoms with Crippen molar-refractivity contribution in [3.63, 3.8) is 0 Å². The zero-order valence-corrected chi connectivity index (χ0v) is 15.2. The maximum atomic E-state index is 9.86. The number of benzene rings is 2. The number of nitrogens with one attached hydrogen (secondary N) is 1. The molecule has 0 aromatic heterocycles. The third kappa shape index (κ3) is 2.96. The maximum Gasteiger partial charge on any atom is 0.142 e. The monoisotopic (exact) mass is 491 g/mol. The van der Waals surface area contributed by atoms with Gasteiger partial charge in [0, 0.05) is 6.04 Å². The molecule has 1 atom stereocenters. The van der Waals surface area contributed by atoms with Crippen LogP contribution in [0.5, 0.6) is 5.75 Å². The number of phenolic OH excluding ortho intramolecular Hbond substituents is 1. The van der Waals surface area contributed by atoms with Crippen LogP contribution in [0.1, 0.15) is 22.7 Å². The van der Waals surface area contributed by atoms with Gasteiger partial charge in [0.25, 0.3) is 0 Å². The van der Waals surface area contributed by atoms with E-state index in [1.165, 1.54) is 16.7 Å². The van der Waals surface area contributed by atoms with E-state index in [1.807, 2.05) is 0 Å². The molecule has 0 aliphatic carbocycles. The Morgan fingerprint density at radius 1 is 1.15 bits per heavy atom. The number of halogens is 2. The molecule has 104 valence electrons. The fourth-order valence-corrected chi connectivity index (χ4v) is 4.64. The van der Waals surface area contributed by atoms with Gasteiger partial charge in [0.15, 0.2) is 0 Å². The number of phenols is 1. The topological polar surface area (TPSA) is 32.3 Å². The van der Waals surface area contributed by atoms with Crippen LogP contribution in [0.3, 0.4) is 0 Å². The maximum absolute atomic E-state index is 9.86. The minimum absolute atomic E-state index is 0.371. The first kappa shape index (κ1) is 14.6. The van der Waals surface area contributed by atoms with E-state index in [0.717, 1.165) is 26.5 Å². The molecule has 3 rings (SSSR count). The molecule has 0 radical (unpaired) electrons. The second-order valence-corrected chi connectivity index (χ2v) is 7.39. The Balaban J connectivity index is 1.89. The predicted octanol–water partition coefficient (Wildman–Crippen LogP) is 4.03. The van der Waals surface area contributed by atoms with Crippen LogP contribution in [0.15, 0.2) is 36.4 Å². The van der Waals surface area contributed by atoms with Crippen LogP contribution in [0.4, 0.5) is 0 Å². The van der Waals surface area contributed by atoms with Crippen molar-refractivity contribution >= 4 is 45.2 Å². The summed E-state index contributed by atoms with van der Waals surface area (Å²) in [6, 6.07) is 13.2. The van der Waals surface area contributed by atoms with Gasteiger partial charge in [0.2, 0.25) is 0 Å². The summed E-state index contributed by atoms with van der Waals surface area (Å²) in [5.41, 5.74) is 4.14. The Morgan fingerprint density at radius 2 is 1.85 bits per heavy atom. The lowest BCUT2D eigenvalue weighted by Crippen LogP contribution is -2.31. The van der Waals surface area contributed by atoms with Crippen molar-refractivity contribution in [2.45, 2.75) is 18.9 Å². The number of aromatic hydroxyl groups is 1. The highest BCUT2D eigenvalue weighted by atomic mass is 127. The molecule has 0 fully saturated rings. The van der Waals surface area contributed by atoms with Gasteiger partial charge >= 0.3 is 0 Å². The minimum Gasteiger partial charge on any atom is -0.506 e. The summed E-state index contributed by atoms with van der Waals surface area (Å²) in [4.78, 5) is 0. The van der Waals surface area contributed by atoms with E-state index >= 15 is 0 Å². The molecule has 0 bridgehead atoms. The van der Waals surface area contributed by atoms with Gasteiger partial charge in [-0.25, -0.2) is 0 Å². The van der Waals surface area contributed by atoms with E-state index in [2.05, 4.69) is 86.9 Å². The molecule has 0 saturated carbocycles. The van der Waals surface area contributed by atoms with Gasteiger partial charge in [-0.15, -0.1) is 0 Å². The van der Waals surface area contributed by atoms with Gasteiger partial charge in [-0.3, -0.25) is 0 Å². The molecule has 1 unspecified atom stereocenters. The normalized spacial score (nSPS) is 17.8. The summed E-state index contributed by atoms with van der Waals surface area (Å²) in [7, 11) is 0. The molecular formula is C16H15I2NO. The van der Waals surface area contributed by atoms with E-state index in [4.69, 9.17) is 0 Å². The summed E-state index contributed by atoms with van der Waals surface area (Å²) in [6.07, 6.45) is 2.07. The standard InChI is InChI=1S/C16H15I2NO/c17-13-7-10(8-14(18)16(13)20)9-15-12-4-2-1-3-11(12)5-6-19-15/h1-4,7-8,15,19-20H,5-6,9H2. The first-order chi connectivity index (χ1) is 9.65. The van der Waals surface area contributed by atoms with Crippen molar-refractivity contribution in [3.05, 3.63) is 60.2 Å². The average molecular weight is 491 g/mol. The highest BCUT2D eigenvalue weighted by Crippen LogP contribution is 2.31. The summed E-state index contributed by atoms with van der Waals surface area (Å²) in [5.74, 6) is 0.395. The fraction of sp³-hybridized carbons (Fsp3) is 0.250. The second-order valence-electron chi connectivity index (χ2n) is 5.07. The molecule has 1 aliphatic heterocycles. The molecule has 2 aromatic rings. The van der Waals surface area contributed by atoms with Crippen molar-refractivity contribution in [2.24, 2.45) is 0 Å². The first-order valence-corrected chi connectivity index (χ1v) is 8.79. The highest BCUT2D eigenvalue weighted by Gasteiger charge is 2.20. The Bertz CT molecular complexity index is 619. The van der Waals surface area contributed by atoms with Crippen LogP contribution in [0.25, 0.3) is 0 Å². The zero-order valence-electron chi connectivity index (χ0n) is 10.9. The molecule has 2 aromatic carbocycles. The van der Waals surface area contributed by atoms with E-state index in [-0.39, 0.29) is 0 Å². The fourth-order valence-electron chi connectivity index (χ4n) is 2.75. The quantitative estimate of drug-likeness (QED) is 0.623. The average Bonchev–Trinajstić information content (AvgIpc) is 2.45. The van der Waals surface area contributed by atoms with Crippen molar-refractivity contribution in [3.8, 4) is 5.75 Å². The molecule has 0 saturated heterocycles. The van der Waals surface area contributed by atoms with Gasteiger partial charge in [-0.2, -0.15) is 0 Å². The van der Waals surface area contributed by atoms with Crippen LogP contribution < -0.4 is 5.32 Å². The van der Waals surface area contributed by atoms with Crippen molar-refractivity contribution in [1.82, 2.24) is 5.32 Å². The van der Waals surface area contributed by atoms with E-state index in [1.54, 1.807) is 0 Å². The van der Waals surface area contributed by atoms with Crippen LogP contribution in [-0.2, 0) is 12.8 Å². The summed E-state index contributed by atoms with van der Waals surface area (Å²) in [6.45, 7) is 1.04. The van der Waals surface area contributed by atoms with Crippen LogP contribution in [-0.4, -0.2) is 11.7 Å². The van der Waals surface area contributed by atoms with Crippen molar-refractivity contribution in [1.29, 1.82) is 0 Å². The van der Waals surface area contributed by atoms with Crippen LogP contribution in [0.2, 0.25) is 0 Å². The molecule has 1 aliphatic rings. The molecule has 0 spiro atoms. The van der Waals surface area contributed by atoms with Gasteiger partial charge in [-0.05, 0) is 93.4 Å². The lowest BCUT2D eigenvalue weighted by Gasteiger charge is -2.27. The molecular weight excluding hydrogens is 476 g/mol. The van der Waals surface area contributed by atoms with Gasteiger partial charge in [-0.1, -0.05) is 24.3 Å². The minimum atomic E-state index is 0.371. The smallest absolute Gasteiger partial charge is 0.142 e. The zero-order chi connectivity index (χ0) is 14.1. The third-order valence-corrected chi connectivity index (χ3v) is 5.38. The SMILES string of the molecule is Oc1c(I)cc(CC2NCCc3ccccc32)cc1I. The van der Waals surface area contributed by atoms with Gasteiger partial charge in [0.1, 0.15) is 5.75 Å². The van der Waals surface area contributed by atoms with Crippen molar-refractivity contribution in [2.75, 3.05) is 6.54 Å². The van der Waals surface area contributed by atoms with Gasteiger partial charge < -0.3 is 10.4 Å². The Labute approximate surface area is 146 Å². The molecule has 0 amide bonds. The number of rotatable bonds is 2. The summed E-state index contributed by atoms with van der Waals surface area (Å²) >= 11 is 4.39. The second kappa shape index (κ2) is 6.19. The largest absolute Gasteiger partial charge is 0.506 e. The lowest BCUT2D eigenvalue weighted by atomic mass is 9.90. The molecule has 20 heavy (non-hydrogen) atoms. The Hall–Kier alpha value is -0.340. The summed E-state index contributed by atoms with van der Waals surface area (Å²) in [5, 5.41) is 13.5. The number of hydrogen-bond acceptors (Lipinski definition) is 2. The Morgan fingerprint density at radius 3 is 2.60 bits per heavy atom. The van der Waals surface area contributed by atoms with E-state index < -0.39 is 0 Å². The number of fused-ring (bicyclic) bond motifs is 1. The lowest BCUT2D eigenvalue weighted by molar-refractivity contribution is 0.466. The van der Waals surface area contributed by atoms with E-state index in [0.29, 0.717) is 11.8 Å².